The minimum Gasteiger partial charge on any atom is -0.490 e. The molecule has 16 bridgehead atoms. The highest BCUT2D eigenvalue weighted by molar-refractivity contribution is 5.70. The van der Waals surface area contributed by atoms with Gasteiger partial charge in [-0.15, -0.1) is 0 Å². The third-order valence-electron chi connectivity index (χ3n) is 11.6. The van der Waals surface area contributed by atoms with Crippen LogP contribution in [0, 0.1) is 0 Å². The Morgan fingerprint density at radius 3 is 0.853 bits per heavy atom. The molecule has 0 fully saturated rings. The van der Waals surface area contributed by atoms with E-state index in [-0.39, 0.29) is 39.6 Å². The van der Waals surface area contributed by atoms with Gasteiger partial charge in [0.15, 0.2) is 0 Å². The van der Waals surface area contributed by atoms with Crippen LogP contribution in [0.25, 0.3) is 12.2 Å². The summed E-state index contributed by atoms with van der Waals surface area (Å²) < 4.78 is 51.0. The average Bonchev–Trinajstić information content (AvgIpc) is 3.35. The molecule has 0 spiro atoms. The first-order chi connectivity index (χ1) is 33.7. The van der Waals surface area contributed by atoms with Crippen molar-refractivity contribution in [1.82, 2.24) is 0 Å². The molecule has 6 aromatic rings. The lowest BCUT2D eigenvalue weighted by molar-refractivity contribution is -0.303. The molecule has 0 radical (unpaired) electrons. The molecule has 10 rings (SSSR count). The second-order valence-corrected chi connectivity index (χ2v) is 16.4. The van der Waals surface area contributed by atoms with Gasteiger partial charge in [0, 0.05) is 25.7 Å². The Morgan fingerprint density at radius 2 is 0.515 bits per heavy atom. The maximum Gasteiger partial charge on any atom is 0.126 e. The van der Waals surface area contributed by atoms with Crippen molar-refractivity contribution in [2.45, 2.75) is 25.7 Å². The van der Waals surface area contributed by atoms with E-state index >= 15 is 0 Å². The summed E-state index contributed by atoms with van der Waals surface area (Å²) in [5.74, 6) is 4.63. The standard InChI is InChI=1S/C56H58O12/c1-7-41-19-20-42-8-2-18-52(36-42)60-26-28-62-54-45-11-4-12-46(54)40-50-16-6-14-48-38-44-10-3-9-43(53(44)61-27-25-59-51(17-1)35-41)37-47-13-5-15-49(39-45)55(47)63-29-33-67-65-31-23-57-21-22-58-24-32-66-68-34-30-64-56(48)50/h1-20,35-36H,21-34,37-40H2. The topological polar surface area (TPSA) is 111 Å². The summed E-state index contributed by atoms with van der Waals surface area (Å²) in [5.41, 5.74) is 10.1. The van der Waals surface area contributed by atoms with Gasteiger partial charge >= 0.3 is 0 Å². The normalized spacial score (nSPS) is 16.9. The predicted octanol–water partition coefficient (Wildman–Crippen LogP) is 9.46. The first-order valence-corrected chi connectivity index (χ1v) is 23.5. The molecule has 3 aliphatic heterocycles. The van der Waals surface area contributed by atoms with Gasteiger partial charge in [-0.1, -0.05) is 109 Å². The molecule has 0 N–H and O–H groups in total. The van der Waals surface area contributed by atoms with E-state index in [0.29, 0.717) is 78.5 Å². The molecule has 0 saturated heterocycles. The van der Waals surface area contributed by atoms with Crippen molar-refractivity contribution in [3.05, 3.63) is 177 Å². The van der Waals surface area contributed by atoms with Gasteiger partial charge in [0.05, 0.1) is 26.4 Å². The van der Waals surface area contributed by atoms with Crippen LogP contribution in [0.4, 0.5) is 0 Å². The smallest absolute Gasteiger partial charge is 0.126 e. The molecular weight excluding hydrogens is 865 g/mol. The number of hydrogen-bond acceptors (Lipinski definition) is 12. The van der Waals surface area contributed by atoms with Crippen LogP contribution in [0.1, 0.15) is 55.6 Å². The number of fused-ring (bicyclic) bond motifs is 6. The minimum absolute atomic E-state index is 0.205. The van der Waals surface area contributed by atoms with Crippen molar-refractivity contribution in [3.63, 3.8) is 0 Å². The van der Waals surface area contributed by atoms with Gasteiger partial charge in [0.25, 0.3) is 0 Å². The molecule has 68 heavy (non-hydrogen) atoms. The Balaban J connectivity index is 1.15. The molecule has 3 heterocycles. The Kier molecular flexibility index (Phi) is 16.9. The van der Waals surface area contributed by atoms with E-state index in [1.807, 2.05) is 36.4 Å². The summed E-state index contributed by atoms with van der Waals surface area (Å²) in [6.45, 7) is 4.25. The van der Waals surface area contributed by atoms with Crippen molar-refractivity contribution in [2.75, 3.05) is 92.5 Å². The van der Waals surface area contributed by atoms with Crippen LogP contribution in [-0.2, 0) is 54.7 Å². The molecule has 354 valence electrons. The minimum atomic E-state index is 0.205. The Labute approximate surface area is 398 Å². The lowest BCUT2D eigenvalue weighted by atomic mass is 9.91. The molecule has 0 amide bonds. The van der Waals surface area contributed by atoms with Gasteiger partial charge in [0.2, 0.25) is 0 Å². The van der Waals surface area contributed by atoms with E-state index in [2.05, 4.69) is 97.1 Å². The molecule has 4 aliphatic rings. The van der Waals surface area contributed by atoms with Crippen LogP contribution in [0.3, 0.4) is 0 Å². The number of rotatable bonds is 0. The largest absolute Gasteiger partial charge is 0.490 e. The zero-order chi connectivity index (χ0) is 46.0. The Hall–Kier alpha value is -6.38. The zero-order valence-corrected chi connectivity index (χ0v) is 38.3. The Morgan fingerprint density at radius 1 is 0.250 bits per heavy atom. The highest BCUT2D eigenvalue weighted by Gasteiger charge is 2.22. The van der Waals surface area contributed by atoms with E-state index in [0.717, 1.165) is 90.1 Å². The molecule has 0 aromatic heterocycles. The van der Waals surface area contributed by atoms with Gasteiger partial charge in [-0.2, -0.15) is 0 Å². The maximum absolute atomic E-state index is 6.84. The number of benzene rings is 6. The fourth-order valence-corrected chi connectivity index (χ4v) is 8.54. The van der Waals surface area contributed by atoms with Gasteiger partial charge in [-0.05, 0) is 79.9 Å². The van der Waals surface area contributed by atoms with Gasteiger partial charge in [0.1, 0.15) is 101 Å². The molecule has 1 aliphatic carbocycles. The van der Waals surface area contributed by atoms with Crippen LogP contribution in [0.15, 0.2) is 121 Å². The van der Waals surface area contributed by atoms with E-state index in [1.54, 1.807) is 0 Å². The van der Waals surface area contributed by atoms with Gasteiger partial charge in [-0.3, -0.25) is 0 Å². The van der Waals surface area contributed by atoms with Gasteiger partial charge in [-0.25, -0.2) is 19.6 Å². The highest BCUT2D eigenvalue weighted by atomic mass is 17.2. The van der Waals surface area contributed by atoms with Crippen molar-refractivity contribution in [3.8, 4) is 34.5 Å². The second-order valence-electron chi connectivity index (χ2n) is 16.4. The maximum atomic E-state index is 6.84. The summed E-state index contributed by atoms with van der Waals surface area (Å²) in [6, 6.07) is 41.4. The van der Waals surface area contributed by atoms with E-state index in [4.69, 9.17) is 57.4 Å². The molecule has 0 atom stereocenters. The fourth-order valence-electron chi connectivity index (χ4n) is 8.54. The van der Waals surface area contributed by atoms with E-state index in [1.165, 1.54) is 0 Å². The van der Waals surface area contributed by atoms with Gasteiger partial charge < -0.3 is 37.9 Å². The zero-order valence-electron chi connectivity index (χ0n) is 38.3. The number of para-hydroxylation sites is 4. The monoisotopic (exact) mass is 922 g/mol. The van der Waals surface area contributed by atoms with E-state index in [9.17, 15) is 0 Å². The number of hydrogen-bond donors (Lipinski definition) is 0. The molecule has 6 aromatic carbocycles. The SMILES string of the molecule is C1=Cc2cccc(c2)OCCOc2c3cccc2Cc2cccc4c2OCCOOCCOCCOCCOOCCOc2c(cccc2C3)Cc2cccc(c2OCCOc2cccc1c2)C4. The third-order valence-corrected chi connectivity index (χ3v) is 11.6. The molecule has 12 nitrogen and oxygen atoms in total. The van der Waals surface area contributed by atoms with Crippen molar-refractivity contribution in [1.29, 1.82) is 0 Å². The summed E-state index contributed by atoms with van der Waals surface area (Å²) in [6.07, 6.45) is 6.27. The summed E-state index contributed by atoms with van der Waals surface area (Å²) in [7, 11) is 0. The quantitative estimate of drug-likeness (QED) is 0.135. The molecular formula is C56H58O12. The summed E-state index contributed by atoms with van der Waals surface area (Å²) >= 11 is 0. The molecule has 0 saturated carbocycles. The first-order valence-electron chi connectivity index (χ1n) is 23.5. The van der Waals surface area contributed by atoms with Crippen LogP contribution in [-0.4, -0.2) is 92.5 Å². The average molecular weight is 923 g/mol. The lowest BCUT2D eigenvalue weighted by Gasteiger charge is -2.23. The van der Waals surface area contributed by atoms with Crippen LogP contribution in [0.5, 0.6) is 34.5 Å². The van der Waals surface area contributed by atoms with Crippen molar-refractivity contribution in [2.24, 2.45) is 0 Å². The summed E-state index contributed by atoms with van der Waals surface area (Å²) in [5, 5.41) is 0. The predicted molar refractivity (Wildman–Crippen MR) is 257 cm³/mol. The second kappa shape index (κ2) is 24.6. The molecule has 12 heteroatoms. The van der Waals surface area contributed by atoms with E-state index < -0.39 is 0 Å². The lowest BCUT2D eigenvalue weighted by Crippen LogP contribution is -2.14. The fraction of sp³-hybridized carbons (Fsp3) is 0.321. The van der Waals surface area contributed by atoms with Crippen molar-refractivity contribution >= 4 is 12.2 Å². The van der Waals surface area contributed by atoms with Crippen LogP contribution in [0.2, 0.25) is 0 Å². The molecule has 0 unspecified atom stereocenters. The van der Waals surface area contributed by atoms with Crippen LogP contribution >= 0.6 is 0 Å². The first kappa shape index (κ1) is 46.7. The van der Waals surface area contributed by atoms with Crippen LogP contribution < -0.4 is 28.4 Å². The third kappa shape index (κ3) is 13.0. The summed E-state index contributed by atoms with van der Waals surface area (Å²) in [4.78, 5) is 22.0. The highest BCUT2D eigenvalue weighted by Crippen LogP contribution is 2.39. The Bertz CT molecular complexity index is 2330. The van der Waals surface area contributed by atoms with Crippen molar-refractivity contribution < 1.29 is 57.4 Å². The number of ether oxygens (including phenoxy) is 8.